The van der Waals surface area contributed by atoms with E-state index in [0.717, 1.165) is 25.8 Å². The van der Waals surface area contributed by atoms with Gasteiger partial charge in [0, 0.05) is 43.0 Å². The van der Waals surface area contributed by atoms with Crippen molar-refractivity contribution in [2.75, 3.05) is 32.7 Å². The Labute approximate surface area is 201 Å². The Balaban J connectivity index is 1.27. The number of rotatable bonds is 4. The largest absolute Gasteiger partial charge is 0.338 e. The molecule has 1 saturated heterocycles. The lowest BCUT2D eigenvalue weighted by Gasteiger charge is -2.42. The Morgan fingerprint density at radius 1 is 1.03 bits per heavy atom. The normalized spacial score (nSPS) is 24.2. The molecule has 2 atom stereocenters. The Morgan fingerprint density at radius 3 is 2.52 bits per heavy atom. The minimum absolute atomic E-state index is 0.0912. The van der Waals surface area contributed by atoms with Crippen molar-refractivity contribution in [1.82, 2.24) is 14.7 Å². The molecule has 3 aliphatic rings. The maximum absolute atomic E-state index is 13.4. The van der Waals surface area contributed by atoms with Gasteiger partial charge in [-0.3, -0.25) is 14.5 Å². The first-order valence-electron chi connectivity index (χ1n) is 12.5. The molecule has 1 saturated carbocycles. The van der Waals surface area contributed by atoms with E-state index in [2.05, 4.69) is 54.5 Å². The fourth-order valence-electron chi connectivity index (χ4n) is 5.87. The van der Waals surface area contributed by atoms with Crippen molar-refractivity contribution in [3.8, 4) is 0 Å². The van der Waals surface area contributed by atoms with Gasteiger partial charge in [-0.25, -0.2) is 0 Å². The molecule has 0 radical (unpaired) electrons. The van der Waals surface area contributed by atoms with E-state index in [4.69, 9.17) is 0 Å². The van der Waals surface area contributed by atoms with Crippen LogP contribution in [0.5, 0.6) is 0 Å². The molecular weight excluding hydrogens is 430 g/mol. The Morgan fingerprint density at radius 2 is 1.79 bits per heavy atom. The predicted molar refractivity (Wildman–Crippen MR) is 132 cm³/mol. The number of carbonyl (C=O) groups excluding carboxylic acids is 2. The minimum Gasteiger partial charge on any atom is -0.338 e. The quantitative estimate of drug-likeness (QED) is 0.678. The van der Waals surface area contributed by atoms with E-state index in [1.54, 1.807) is 0 Å². The summed E-state index contributed by atoms with van der Waals surface area (Å²) in [5.74, 6) is 0.705. The summed E-state index contributed by atoms with van der Waals surface area (Å²) in [7, 11) is 0. The van der Waals surface area contributed by atoms with Crippen LogP contribution in [0.1, 0.15) is 60.2 Å². The number of piperazine rings is 1. The molecule has 2 fully saturated rings. The van der Waals surface area contributed by atoms with Crippen LogP contribution < -0.4 is 0 Å². The summed E-state index contributed by atoms with van der Waals surface area (Å²) in [6, 6.07) is 11.2. The van der Waals surface area contributed by atoms with Gasteiger partial charge in [-0.15, -0.1) is 11.3 Å². The molecule has 5 nitrogen and oxygen atoms in total. The molecule has 0 unspecified atom stereocenters. The van der Waals surface area contributed by atoms with Gasteiger partial charge in [0.15, 0.2) is 0 Å². The van der Waals surface area contributed by atoms with Gasteiger partial charge in [0.2, 0.25) is 11.8 Å². The SMILES string of the molecule is Cc1ccc([C@@H]2c3ccsc3CCN2CC(=O)N2CCN(C(=O)C3CCCC3)[C@H](C)C2)cc1. The first-order chi connectivity index (χ1) is 16.0. The fourth-order valence-corrected chi connectivity index (χ4v) is 6.77. The van der Waals surface area contributed by atoms with Crippen LogP contribution in [0.4, 0.5) is 0 Å². The van der Waals surface area contributed by atoms with Crippen molar-refractivity contribution in [1.29, 1.82) is 0 Å². The number of nitrogens with zero attached hydrogens (tertiary/aromatic N) is 3. The average molecular weight is 466 g/mol. The van der Waals surface area contributed by atoms with Crippen LogP contribution in [0.25, 0.3) is 0 Å². The number of aryl methyl sites for hydroxylation is 1. The predicted octanol–water partition coefficient (Wildman–Crippen LogP) is 4.25. The lowest BCUT2D eigenvalue weighted by atomic mass is 9.92. The lowest BCUT2D eigenvalue weighted by molar-refractivity contribution is -0.145. The molecule has 0 N–H and O–H groups in total. The minimum atomic E-state index is 0.0912. The number of thiophene rings is 1. The topological polar surface area (TPSA) is 43.9 Å². The average Bonchev–Trinajstić information content (AvgIpc) is 3.51. The van der Waals surface area contributed by atoms with Crippen molar-refractivity contribution in [2.45, 2.75) is 58.0 Å². The van der Waals surface area contributed by atoms with E-state index >= 15 is 0 Å². The van der Waals surface area contributed by atoms with Crippen LogP contribution in [0.3, 0.4) is 0 Å². The highest BCUT2D eigenvalue weighted by molar-refractivity contribution is 7.10. The van der Waals surface area contributed by atoms with Crippen LogP contribution in [0, 0.1) is 12.8 Å². The summed E-state index contributed by atoms with van der Waals surface area (Å²) < 4.78 is 0. The molecule has 176 valence electrons. The second-order valence-corrected chi connectivity index (χ2v) is 11.0. The summed E-state index contributed by atoms with van der Waals surface area (Å²) in [6.07, 6.45) is 5.41. The summed E-state index contributed by atoms with van der Waals surface area (Å²) in [5.41, 5.74) is 3.86. The first-order valence-corrected chi connectivity index (χ1v) is 13.3. The monoisotopic (exact) mass is 465 g/mol. The zero-order valence-electron chi connectivity index (χ0n) is 19.8. The smallest absolute Gasteiger partial charge is 0.236 e. The Bertz CT molecular complexity index is 995. The number of benzene rings is 1. The van der Waals surface area contributed by atoms with Crippen LogP contribution in [-0.2, 0) is 16.0 Å². The van der Waals surface area contributed by atoms with E-state index in [-0.39, 0.29) is 23.9 Å². The van der Waals surface area contributed by atoms with Crippen molar-refractivity contribution in [2.24, 2.45) is 5.92 Å². The second-order valence-electron chi connectivity index (χ2n) is 10.0. The third kappa shape index (κ3) is 4.60. The van der Waals surface area contributed by atoms with E-state index in [1.165, 1.54) is 34.4 Å². The van der Waals surface area contributed by atoms with Crippen molar-refractivity contribution >= 4 is 23.2 Å². The van der Waals surface area contributed by atoms with Gasteiger partial charge in [0.25, 0.3) is 0 Å². The van der Waals surface area contributed by atoms with Gasteiger partial charge in [-0.05, 0) is 55.7 Å². The van der Waals surface area contributed by atoms with Gasteiger partial charge in [-0.1, -0.05) is 42.7 Å². The third-order valence-corrected chi connectivity index (χ3v) is 8.76. The molecular formula is C27H35N3O2S. The highest BCUT2D eigenvalue weighted by Gasteiger charge is 2.36. The maximum atomic E-state index is 13.4. The molecule has 3 heterocycles. The van der Waals surface area contributed by atoms with E-state index < -0.39 is 0 Å². The summed E-state index contributed by atoms with van der Waals surface area (Å²) >= 11 is 1.83. The van der Waals surface area contributed by atoms with Crippen LogP contribution >= 0.6 is 11.3 Å². The molecule has 1 aliphatic carbocycles. The van der Waals surface area contributed by atoms with Gasteiger partial charge in [0.1, 0.15) is 0 Å². The van der Waals surface area contributed by atoms with Crippen LogP contribution in [0.15, 0.2) is 35.7 Å². The standard InChI is InChI=1S/C27H35N3O2S/c1-19-7-9-21(10-8-19)26-23-12-16-33-24(23)11-13-29(26)18-25(31)28-14-15-30(20(2)17-28)27(32)22-5-3-4-6-22/h7-10,12,16,20,22,26H,3-6,11,13-15,17-18H2,1-2H3/t20-,26-/m1/s1. The molecule has 2 aromatic rings. The molecule has 0 spiro atoms. The number of hydrogen-bond donors (Lipinski definition) is 0. The van der Waals surface area contributed by atoms with E-state index in [0.29, 0.717) is 32.1 Å². The Hall–Kier alpha value is -2.18. The Kier molecular flexibility index (Phi) is 6.57. The number of carbonyl (C=O) groups is 2. The molecule has 1 aromatic heterocycles. The molecule has 2 aliphatic heterocycles. The number of hydrogen-bond acceptors (Lipinski definition) is 4. The second kappa shape index (κ2) is 9.59. The van der Waals surface area contributed by atoms with Gasteiger partial charge in [-0.2, -0.15) is 0 Å². The van der Waals surface area contributed by atoms with E-state index in [9.17, 15) is 9.59 Å². The van der Waals surface area contributed by atoms with Crippen LogP contribution in [-0.4, -0.2) is 65.3 Å². The van der Waals surface area contributed by atoms with Gasteiger partial charge in [0.05, 0.1) is 12.6 Å². The maximum Gasteiger partial charge on any atom is 0.236 e. The first kappa shape index (κ1) is 22.6. The van der Waals surface area contributed by atoms with Crippen molar-refractivity contribution in [3.05, 3.63) is 57.3 Å². The molecule has 0 bridgehead atoms. The van der Waals surface area contributed by atoms with E-state index in [1.807, 2.05) is 21.1 Å². The molecule has 1 aromatic carbocycles. The van der Waals surface area contributed by atoms with Crippen molar-refractivity contribution in [3.63, 3.8) is 0 Å². The lowest BCUT2D eigenvalue weighted by Crippen LogP contribution is -2.58. The fraction of sp³-hybridized carbons (Fsp3) is 0.556. The third-order valence-electron chi connectivity index (χ3n) is 7.76. The zero-order valence-corrected chi connectivity index (χ0v) is 20.7. The van der Waals surface area contributed by atoms with Gasteiger partial charge < -0.3 is 9.80 Å². The number of fused-ring (bicyclic) bond motifs is 1. The summed E-state index contributed by atoms with van der Waals surface area (Å²) in [6.45, 7) is 7.49. The molecule has 6 heteroatoms. The van der Waals surface area contributed by atoms with Crippen LogP contribution in [0.2, 0.25) is 0 Å². The molecule has 5 rings (SSSR count). The summed E-state index contributed by atoms with van der Waals surface area (Å²) in [4.78, 5) is 34.2. The zero-order chi connectivity index (χ0) is 22.9. The summed E-state index contributed by atoms with van der Waals surface area (Å²) in [5, 5.41) is 2.18. The highest BCUT2D eigenvalue weighted by atomic mass is 32.1. The number of amides is 2. The molecule has 33 heavy (non-hydrogen) atoms. The van der Waals surface area contributed by atoms with Crippen molar-refractivity contribution < 1.29 is 9.59 Å². The van der Waals surface area contributed by atoms with Gasteiger partial charge >= 0.3 is 0 Å². The highest BCUT2D eigenvalue weighted by Crippen LogP contribution is 2.38. The molecule has 2 amide bonds.